The Morgan fingerprint density at radius 2 is 1.54 bits per heavy atom. The van der Waals surface area contributed by atoms with Crippen molar-refractivity contribution in [2.24, 2.45) is 0 Å². The minimum absolute atomic E-state index is 0.272. The molecule has 3 amide bonds. The number of rotatable bonds is 12. The second-order valence-corrected chi connectivity index (χ2v) is 8.42. The van der Waals surface area contributed by atoms with Crippen LogP contribution in [0.3, 0.4) is 0 Å². The van der Waals surface area contributed by atoms with Crippen molar-refractivity contribution in [3.8, 4) is 0 Å². The van der Waals surface area contributed by atoms with Crippen molar-refractivity contribution in [3.63, 3.8) is 0 Å². The van der Waals surface area contributed by atoms with Gasteiger partial charge in [-0.1, -0.05) is 75.1 Å². The van der Waals surface area contributed by atoms with Crippen molar-refractivity contribution in [2.75, 3.05) is 20.3 Å². The molecule has 1 aliphatic rings. The maximum Gasteiger partial charge on any atom is 0.326 e. The average molecular weight is 428 g/mol. The lowest BCUT2D eigenvalue weighted by molar-refractivity contribution is -0.128. The number of hydrogen-bond acceptors (Lipinski definition) is 3. The molecule has 1 saturated heterocycles. The summed E-state index contributed by atoms with van der Waals surface area (Å²) in [5.74, 6) is -0.272. The third kappa shape index (κ3) is 6.94. The summed E-state index contributed by atoms with van der Waals surface area (Å²) in [5.41, 5.74) is 0.601. The Labute approximate surface area is 178 Å². The summed E-state index contributed by atoms with van der Waals surface area (Å²) in [7, 11) is 1.94. The Balaban J connectivity index is 1.76. The molecule has 1 aromatic rings. The fraction of sp³-hybridized carbons (Fsp3) is 0.619. The monoisotopic (exact) mass is 427 g/mol. The van der Waals surface area contributed by atoms with E-state index in [0.717, 1.165) is 13.0 Å². The molecule has 28 heavy (non-hydrogen) atoms. The Kier molecular flexibility index (Phi) is 9.56. The van der Waals surface area contributed by atoms with E-state index in [1.165, 1.54) is 49.8 Å². The maximum atomic E-state index is 12.7. The molecule has 5 nitrogen and oxygen atoms in total. The van der Waals surface area contributed by atoms with Gasteiger partial charge in [-0.25, -0.2) is 9.69 Å². The molecule has 156 valence electrons. The summed E-state index contributed by atoms with van der Waals surface area (Å²) in [6.07, 6.45) is 10.1. The molecule has 0 aliphatic carbocycles. The molecule has 2 rings (SSSR count). The van der Waals surface area contributed by atoms with Crippen LogP contribution in [0.1, 0.15) is 69.9 Å². The lowest BCUT2D eigenvalue weighted by atomic mass is 10.1. The number of amides is 3. The van der Waals surface area contributed by atoms with Crippen molar-refractivity contribution >= 4 is 35.1 Å². The van der Waals surface area contributed by atoms with Gasteiger partial charge in [-0.3, -0.25) is 9.69 Å². The van der Waals surface area contributed by atoms with E-state index in [9.17, 15) is 9.59 Å². The first-order chi connectivity index (χ1) is 13.4. The molecule has 1 N–H and O–H groups in total. The predicted molar refractivity (Wildman–Crippen MR) is 115 cm³/mol. The van der Waals surface area contributed by atoms with E-state index < -0.39 is 6.04 Å². The Morgan fingerprint density at radius 1 is 0.964 bits per heavy atom. The van der Waals surface area contributed by atoms with Crippen LogP contribution in [0.15, 0.2) is 18.2 Å². The number of nitrogens with one attached hydrogen (secondary N) is 1. The molecule has 0 radical (unpaired) electrons. The highest BCUT2D eigenvalue weighted by molar-refractivity contribution is 6.34. The lowest BCUT2D eigenvalue weighted by Gasteiger charge is -2.22. The average Bonchev–Trinajstić information content (AvgIpc) is 2.91. The minimum Gasteiger partial charge on any atom is -0.322 e. The Hall–Kier alpha value is -1.30. The lowest BCUT2D eigenvalue weighted by Crippen LogP contribution is -2.40. The highest BCUT2D eigenvalue weighted by atomic mass is 35.5. The molecule has 1 atom stereocenters. The number of benzene rings is 1. The standard InChI is InChI=1S/C21H31Cl2N3O2/c1-3-4-5-6-7-8-9-10-11-25(2)15-26-20(27)19(24-21(26)28)16-12-17(22)14-18(23)13-16/h12-14,19H,3-11,15H2,1-2H3,(H,24,28). The first-order valence-corrected chi connectivity index (χ1v) is 10.9. The van der Waals surface area contributed by atoms with Gasteiger partial charge in [-0.2, -0.15) is 0 Å². The van der Waals surface area contributed by atoms with Gasteiger partial charge in [-0.15, -0.1) is 0 Å². The van der Waals surface area contributed by atoms with E-state index in [0.29, 0.717) is 15.6 Å². The minimum atomic E-state index is -0.736. The number of nitrogens with zero attached hydrogens (tertiary/aromatic N) is 2. The molecule has 0 saturated carbocycles. The fourth-order valence-electron chi connectivity index (χ4n) is 3.45. The Morgan fingerprint density at radius 3 is 2.14 bits per heavy atom. The number of unbranched alkanes of at least 4 members (excludes halogenated alkanes) is 7. The van der Waals surface area contributed by atoms with Gasteiger partial charge in [0, 0.05) is 10.0 Å². The fourth-order valence-corrected chi connectivity index (χ4v) is 3.99. The summed E-state index contributed by atoms with van der Waals surface area (Å²) < 4.78 is 0. The normalized spacial score (nSPS) is 16.9. The topological polar surface area (TPSA) is 52.6 Å². The van der Waals surface area contributed by atoms with Crippen molar-refractivity contribution < 1.29 is 9.59 Å². The highest BCUT2D eigenvalue weighted by Gasteiger charge is 2.39. The summed E-state index contributed by atoms with van der Waals surface area (Å²) in [4.78, 5) is 28.3. The molecular formula is C21H31Cl2N3O2. The van der Waals surface area contributed by atoms with Crippen molar-refractivity contribution in [2.45, 2.75) is 64.3 Å². The van der Waals surface area contributed by atoms with Crippen LogP contribution < -0.4 is 5.32 Å². The first-order valence-electron chi connectivity index (χ1n) is 10.2. The quantitative estimate of drug-likeness (QED) is 0.348. The van der Waals surface area contributed by atoms with Gasteiger partial charge in [0.1, 0.15) is 6.04 Å². The Bertz CT molecular complexity index is 649. The van der Waals surface area contributed by atoms with Crippen LogP contribution in [0.2, 0.25) is 10.0 Å². The predicted octanol–water partition coefficient (Wildman–Crippen LogP) is 5.62. The smallest absolute Gasteiger partial charge is 0.322 e. The largest absolute Gasteiger partial charge is 0.326 e. The van der Waals surface area contributed by atoms with Gasteiger partial charge in [0.2, 0.25) is 0 Å². The van der Waals surface area contributed by atoms with E-state index in [-0.39, 0.29) is 18.6 Å². The van der Waals surface area contributed by atoms with Gasteiger partial charge in [0.05, 0.1) is 6.67 Å². The maximum absolute atomic E-state index is 12.7. The number of hydrogen-bond donors (Lipinski definition) is 1. The number of imide groups is 1. The third-order valence-electron chi connectivity index (χ3n) is 5.02. The molecule has 0 bridgehead atoms. The second kappa shape index (κ2) is 11.6. The van der Waals surface area contributed by atoms with Crippen molar-refractivity contribution in [1.82, 2.24) is 15.1 Å². The van der Waals surface area contributed by atoms with Crippen LogP contribution in [-0.2, 0) is 4.79 Å². The zero-order valence-electron chi connectivity index (χ0n) is 16.8. The van der Waals surface area contributed by atoms with Crippen molar-refractivity contribution in [3.05, 3.63) is 33.8 Å². The molecule has 0 aromatic heterocycles. The number of urea groups is 1. The zero-order chi connectivity index (χ0) is 20.5. The summed E-state index contributed by atoms with van der Waals surface area (Å²) in [6, 6.07) is 3.80. The summed E-state index contributed by atoms with van der Waals surface area (Å²) >= 11 is 12.0. The van der Waals surface area contributed by atoms with E-state index in [1.54, 1.807) is 18.2 Å². The molecule has 1 aliphatic heterocycles. The molecule has 1 unspecified atom stereocenters. The highest BCUT2D eigenvalue weighted by Crippen LogP contribution is 2.27. The van der Waals surface area contributed by atoms with Gasteiger partial charge >= 0.3 is 6.03 Å². The molecule has 7 heteroatoms. The zero-order valence-corrected chi connectivity index (χ0v) is 18.4. The molecule has 1 aromatic carbocycles. The summed E-state index contributed by atoms with van der Waals surface area (Å²) in [5, 5.41) is 3.60. The SMILES string of the molecule is CCCCCCCCCCN(C)CN1C(=O)NC(c2cc(Cl)cc(Cl)c2)C1=O. The first kappa shape index (κ1) is 23.0. The van der Waals surface area contributed by atoms with Crippen LogP contribution in [-0.4, -0.2) is 42.0 Å². The van der Waals surface area contributed by atoms with E-state index in [4.69, 9.17) is 23.2 Å². The van der Waals surface area contributed by atoms with Crippen LogP contribution in [0.25, 0.3) is 0 Å². The van der Waals surface area contributed by atoms with Gasteiger partial charge in [-0.05, 0) is 43.8 Å². The second-order valence-electron chi connectivity index (χ2n) is 7.55. The van der Waals surface area contributed by atoms with Crippen LogP contribution >= 0.6 is 23.2 Å². The number of carbonyl (C=O) groups is 2. The molecular weight excluding hydrogens is 397 g/mol. The third-order valence-corrected chi connectivity index (χ3v) is 5.46. The van der Waals surface area contributed by atoms with E-state index >= 15 is 0 Å². The van der Waals surface area contributed by atoms with Gasteiger partial charge in [0.25, 0.3) is 5.91 Å². The molecule has 1 fully saturated rings. The van der Waals surface area contributed by atoms with E-state index in [1.807, 2.05) is 11.9 Å². The molecule has 1 heterocycles. The summed E-state index contributed by atoms with van der Waals surface area (Å²) in [6.45, 7) is 3.37. The van der Waals surface area contributed by atoms with E-state index in [2.05, 4.69) is 12.2 Å². The van der Waals surface area contributed by atoms with Crippen LogP contribution in [0.4, 0.5) is 4.79 Å². The van der Waals surface area contributed by atoms with Crippen LogP contribution in [0.5, 0.6) is 0 Å². The number of halogens is 2. The van der Waals surface area contributed by atoms with Gasteiger partial charge < -0.3 is 5.32 Å². The van der Waals surface area contributed by atoms with Crippen LogP contribution in [0, 0.1) is 0 Å². The van der Waals surface area contributed by atoms with Crippen molar-refractivity contribution in [1.29, 1.82) is 0 Å². The van der Waals surface area contributed by atoms with Gasteiger partial charge in [0.15, 0.2) is 0 Å². The molecule has 0 spiro atoms. The number of carbonyl (C=O) groups excluding carboxylic acids is 2.